The molecule has 0 amide bonds. The second-order valence-corrected chi connectivity index (χ2v) is 1.11. The van der Waals surface area contributed by atoms with Crippen molar-refractivity contribution in [3.05, 3.63) is 0 Å². The summed E-state index contributed by atoms with van der Waals surface area (Å²) >= 11 is 2.42. The molecule has 7 heavy (non-hydrogen) atoms. The number of halogens is 1. The third-order valence-corrected chi connectivity index (χ3v) is 0.671. The van der Waals surface area contributed by atoms with E-state index in [9.17, 15) is 4.79 Å². The van der Waals surface area contributed by atoms with Crippen molar-refractivity contribution in [3.8, 4) is 6.07 Å². The van der Waals surface area contributed by atoms with Gasteiger partial charge in [-0.15, -0.1) is 0 Å². The van der Waals surface area contributed by atoms with Gasteiger partial charge < -0.3 is 3.83 Å². The molecule has 0 aliphatic carbocycles. The number of nitrogens with zero attached hydrogens (tertiary/aromatic N) is 1. The summed E-state index contributed by atoms with van der Waals surface area (Å²) in [6.07, 6.45) is -0.203. The Bertz CT molecular complexity index is 106. The summed E-state index contributed by atoms with van der Waals surface area (Å²) in [5.74, 6) is -0.567. The Balaban J connectivity index is 3.23. The third kappa shape index (κ3) is 3.27. The van der Waals surface area contributed by atoms with Gasteiger partial charge in [0, 0.05) is 0 Å². The molecule has 0 unspecified atom stereocenters. The fourth-order valence-corrected chi connectivity index (χ4v) is 0.206. The summed E-state index contributed by atoms with van der Waals surface area (Å²) < 4.78 is 3.94. The summed E-state index contributed by atoms with van der Waals surface area (Å²) in [5.41, 5.74) is 0. The summed E-state index contributed by atoms with van der Waals surface area (Å²) in [6.45, 7) is 0. The number of hydrogen-bond acceptors (Lipinski definition) is 3. The van der Waals surface area contributed by atoms with Crippen LogP contribution in [0.1, 0.15) is 6.42 Å². The van der Waals surface area contributed by atoms with Gasteiger partial charge in [-0.3, -0.25) is 4.79 Å². The molecule has 0 aliphatic rings. The van der Waals surface area contributed by atoms with Gasteiger partial charge in [0.25, 0.3) is 0 Å². The minimum Gasteiger partial charge on any atom is -0.383 e. The van der Waals surface area contributed by atoms with Crippen LogP contribution in [-0.4, -0.2) is 5.97 Å². The summed E-state index contributed by atoms with van der Waals surface area (Å²) in [6, 6.07) is 1.61. The monoisotopic (exact) mass is 163 g/mol. The zero-order chi connectivity index (χ0) is 5.70. The predicted molar refractivity (Wildman–Crippen MR) is 25.2 cm³/mol. The minimum atomic E-state index is -0.567. The van der Waals surface area contributed by atoms with Gasteiger partial charge in [0.05, 0.1) is 6.07 Å². The van der Waals surface area contributed by atoms with Crippen LogP contribution in [0.3, 0.4) is 0 Å². The first-order chi connectivity index (χ1) is 3.31. The molecule has 0 fully saturated rings. The number of carbonyl (C=O) groups excluding carboxylic acids is 1. The molecule has 0 saturated carbocycles. The van der Waals surface area contributed by atoms with E-state index >= 15 is 0 Å². The standard InChI is InChI=1S/C3H2BrNO2/c4-7-3(6)1-2-5/h1H2. The number of hydrogen-bond donors (Lipinski definition) is 0. The van der Waals surface area contributed by atoms with Gasteiger partial charge >= 0.3 is 5.97 Å². The second kappa shape index (κ2) is 3.62. The van der Waals surface area contributed by atoms with Crippen molar-refractivity contribution in [1.82, 2.24) is 0 Å². The molecule has 0 atom stereocenters. The molecule has 3 nitrogen and oxygen atoms in total. The van der Waals surface area contributed by atoms with E-state index in [1.807, 2.05) is 0 Å². The van der Waals surface area contributed by atoms with Crippen LogP contribution in [0.4, 0.5) is 0 Å². The molecule has 0 spiro atoms. The summed E-state index contributed by atoms with van der Waals surface area (Å²) in [7, 11) is 0. The van der Waals surface area contributed by atoms with Crippen molar-refractivity contribution in [2.45, 2.75) is 6.42 Å². The predicted octanol–water partition coefficient (Wildman–Crippen LogP) is 0.753. The number of nitriles is 1. The van der Waals surface area contributed by atoms with Crippen LogP contribution in [0, 0.1) is 11.3 Å². The maximum absolute atomic E-state index is 9.92. The molecule has 0 N–H and O–H groups in total. The maximum atomic E-state index is 9.92. The summed E-state index contributed by atoms with van der Waals surface area (Å²) in [5, 5.41) is 7.80. The lowest BCUT2D eigenvalue weighted by Crippen LogP contribution is -1.91. The van der Waals surface area contributed by atoms with Crippen LogP contribution in [-0.2, 0) is 8.62 Å². The lowest BCUT2D eigenvalue weighted by Gasteiger charge is -1.81. The SMILES string of the molecule is N#CCC(=O)OBr. The van der Waals surface area contributed by atoms with Crippen LogP contribution in [0.2, 0.25) is 0 Å². The van der Waals surface area contributed by atoms with Crippen molar-refractivity contribution < 1.29 is 8.62 Å². The van der Waals surface area contributed by atoms with Crippen LogP contribution >= 0.6 is 16.3 Å². The van der Waals surface area contributed by atoms with E-state index in [4.69, 9.17) is 5.26 Å². The van der Waals surface area contributed by atoms with Crippen molar-refractivity contribution in [2.75, 3.05) is 0 Å². The average Bonchev–Trinajstić information content (AvgIpc) is 1.68. The molecule has 0 rings (SSSR count). The van der Waals surface area contributed by atoms with Crippen LogP contribution in [0.5, 0.6) is 0 Å². The minimum absolute atomic E-state index is 0.203. The molecule has 4 heteroatoms. The van der Waals surface area contributed by atoms with Crippen molar-refractivity contribution in [2.24, 2.45) is 0 Å². The highest BCUT2D eigenvalue weighted by atomic mass is 79.9. The quantitative estimate of drug-likeness (QED) is 0.574. The first-order valence-electron chi connectivity index (χ1n) is 1.49. The topological polar surface area (TPSA) is 50.1 Å². The molecular formula is C3H2BrNO2. The normalized spacial score (nSPS) is 6.86. The van der Waals surface area contributed by atoms with Crippen molar-refractivity contribution in [3.63, 3.8) is 0 Å². The van der Waals surface area contributed by atoms with Gasteiger partial charge in [0.1, 0.15) is 6.42 Å². The van der Waals surface area contributed by atoms with Crippen LogP contribution in [0.15, 0.2) is 0 Å². The lowest BCUT2D eigenvalue weighted by atomic mass is 10.5. The molecule has 0 bridgehead atoms. The molecule has 0 aliphatic heterocycles. The van der Waals surface area contributed by atoms with Gasteiger partial charge in [-0.1, -0.05) is 0 Å². The first kappa shape index (κ1) is 6.44. The Kier molecular flexibility index (Phi) is 3.33. The molecule has 0 heterocycles. The fourth-order valence-electron chi connectivity index (χ4n) is 0.0918. The highest BCUT2D eigenvalue weighted by Crippen LogP contribution is 1.88. The highest BCUT2D eigenvalue weighted by molar-refractivity contribution is 9.06. The first-order valence-corrected chi connectivity index (χ1v) is 2.14. The maximum Gasteiger partial charge on any atom is 0.331 e. The molecule has 0 saturated heterocycles. The molecule has 0 radical (unpaired) electrons. The Labute approximate surface area is 49.3 Å². The van der Waals surface area contributed by atoms with E-state index in [0.29, 0.717) is 0 Å². The Morgan fingerprint density at radius 2 is 2.57 bits per heavy atom. The van der Waals surface area contributed by atoms with Crippen molar-refractivity contribution >= 4 is 22.2 Å². The Morgan fingerprint density at radius 1 is 2.00 bits per heavy atom. The number of rotatable bonds is 1. The average molecular weight is 164 g/mol. The van der Waals surface area contributed by atoms with E-state index in [0.717, 1.165) is 0 Å². The third-order valence-electron chi connectivity index (χ3n) is 0.309. The molecule has 0 aromatic rings. The zero-order valence-electron chi connectivity index (χ0n) is 3.35. The zero-order valence-corrected chi connectivity index (χ0v) is 4.93. The van der Waals surface area contributed by atoms with E-state index in [2.05, 4.69) is 20.1 Å². The largest absolute Gasteiger partial charge is 0.383 e. The molecule has 0 aromatic heterocycles. The Hall–Kier alpha value is -0.560. The number of carbonyl (C=O) groups is 1. The second-order valence-electron chi connectivity index (χ2n) is 0.784. The Morgan fingerprint density at radius 3 is 2.71 bits per heavy atom. The van der Waals surface area contributed by atoms with Gasteiger partial charge in [0.15, 0.2) is 16.3 Å². The highest BCUT2D eigenvalue weighted by Gasteiger charge is 1.95. The van der Waals surface area contributed by atoms with Gasteiger partial charge in [-0.2, -0.15) is 5.26 Å². The van der Waals surface area contributed by atoms with E-state index in [1.54, 1.807) is 6.07 Å². The van der Waals surface area contributed by atoms with Crippen LogP contribution < -0.4 is 0 Å². The van der Waals surface area contributed by atoms with E-state index in [1.165, 1.54) is 0 Å². The molecular weight excluding hydrogens is 162 g/mol. The van der Waals surface area contributed by atoms with Crippen molar-refractivity contribution in [1.29, 1.82) is 5.26 Å². The van der Waals surface area contributed by atoms with Gasteiger partial charge in [-0.25, -0.2) is 0 Å². The summed E-state index contributed by atoms with van der Waals surface area (Å²) in [4.78, 5) is 9.92. The van der Waals surface area contributed by atoms with Gasteiger partial charge in [-0.05, 0) is 0 Å². The van der Waals surface area contributed by atoms with E-state index in [-0.39, 0.29) is 6.42 Å². The van der Waals surface area contributed by atoms with Crippen LogP contribution in [0.25, 0.3) is 0 Å². The van der Waals surface area contributed by atoms with E-state index < -0.39 is 5.97 Å². The smallest absolute Gasteiger partial charge is 0.331 e. The molecule has 0 aromatic carbocycles. The molecule has 38 valence electrons. The lowest BCUT2D eigenvalue weighted by molar-refractivity contribution is -0.131. The fraction of sp³-hybridized carbons (Fsp3) is 0.333. The van der Waals surface area contributed by atoms with Gasteiger partial charge in [0.2, 0.25) is 0 Å².